The van der Waals surface area contributed by atoms with E-state index < -0.39 is 0 Å². The van der Waals surface area contributed by atoms with E-state index in [0.29, 0.717) is 5.56 Å². The number of hydrogen-bond donors (Lipinski definition) is 0. The van der Waals surface area contributed by atoms with E-state index in [1.165, 1.54) is 19.3 Å². The lowest BCUT2D eigenvalue weighted by atomic mass is 9.75. The molecule has 1 heterocycles. The molecule has 1 aromatic rings. The molecule has 4 heteroatoms. The Bertz CT molecular complexity index is 457. The van der Waals surface area contributed by atoms with Gasteiger partial charge in [0.2, 0.25) is 0 Å². The summed E-state index contributed by atoms with van der Waals surface area (Å²) in [6, 6.07) is 5.75. The van der Waals surface area contributed by atoms with Gasteiger partial charge >= 0.3 is 0 Å². The van der Waals surface area contributed by atoms with Gasteiger partial charge in [-0.25, -0.2) is 4.98 Å². The lowest BCUT2D eigenvalue weighted by Crippen LogP contribution is -2.56. The van der Waals surface area contributed by atoms with E-state index >= 15 is 0 Å². The Balaban J connectivity index is 2.12. The number of aromatic nitrogens is 1. The molecule has 0 spiro atoms. The Morgan fingerprint density at radius 3 is 2.61 bits per heavy atom. The van der Waals surface area contributed by atoms with Crippen LogP contribution in [0.5, 0.6) is 0 Å². The van der Waals surface area contributed by atoms with Crippen LogP contribution >= 0.6 is 0 Å². The van der Waals surface area contributed by atoms with Gasteiger partial charge in [-0.1, -0.05) is 0 Å². The third-order valence-electron chi connectivity index (χ3n) is 4.03. The highest BCUT2D eigenvalue weighted by Crippen LogP contribution is 2.37. The zero-order valence-corrected chi connectivity index (χ0v) is 11.3. The van der Waals surface area contributed by atoms with E-state index in [9.17, 15) is 0 Å². The average molecular weight is 244 g/mol. The Morgan fingerprint density at radius 2 is 2.11 bits per heavy atom. The molecule has 0 N–H and O–H groups in total. The topological polar surface area (TPSA) is 43.2 Å². The Hall–Kier alpha value is -1.60. The van der Waals surface area contributed by atoms with Crippen molar-refractivity contribution in [3.63, 3.8) is 0 Å². The zero-order chi connectivity index (χ0) is 13.2. The SMILES string of the molecule is CN(CC1(N(C)C)CCC1)c1cc(C#N)ccn1. The molecule has 0 unspecified atom stereocenters. The van der Waals surface area contributed by atoms with E-state index in [-0.39, 0.29) is 5.54 Å². The highest BCUT2D eigenvalue weighted by Gasteiger charge is 2.40. The van der Waals surface area contributed by atoms with Crippen LogP contribution in [0.4, 0.5) is 5.82 Å². The number of pyridine rings is 1. The van der Waals surface area contributed by atoms with Crippen molar-refractivity contribution in [2.45, 2.75) is 24.8 Å². The first-order valence-corrected chi connectivity index (χ1v) is 6.32. The van der Waals surface area contributed by atoms with E-state index in [1.807, 2.05) is 13.1 Å². The van der Waals surface area contributed by atoms with Gasteiger partial charge < -0.3 is 9.80 Å². The van der Waals surface area contributed by atoms with Crippen molar-refractivity contribution < 1.29 is 0 Å². The fourth-order valence-electron chi connectivity index (χ4n) is 2.55. The summed E-state index contributed by atoms with van der Waals surface area (Å²) < 4.78 is 0. The van der Waals surface area contributed by atoms with Crippen molar-refractivity contribution in [3.05, 3.63) is 23.9 Å². The summed E-state index contributed by atoms with van der Waals surface area (Å²) in [5, 5.41) is 8.92. The standard InChI is InChI=1S/C14H20N4/c1-17(2)14(6-4-7-14)11-18(3)13-9-12(10-15)5-8-16-13/h5,8-9H,4,6-7,11H2,1-3H3. The lowest BCUT2D eigenvalue weighted by molar-refractivity contribution is 0.0682. The summed E-state index contributed by atoms with van der Waals surface area (Å²) in [6.07, 6.45) is 5.48. The smallest absolute Gasteiger partial charge is 0.129 e. The normalized spacial score (nSPS) is 17.1. The molecule has 1 aliphatic carbocycles. The molecule has 0 atom stereocenters. The third-order valence-corrected chi connectivity index (χ3v) is 4.03. The maximum atomic E-state index is 8.92. The molecule has 4 nitrogen and oxygen atoms in total. The van der Waals surface area contributed by atoms with Crippen LogP contribution in [0.1, 0.15) is 24.8 Å². The number of nitriles is 1. The van der Waals surface area contributed by atoms with Crippen LogP contribution in [0.25, 0.3) is 0 Å². The maximum Gasteiger partial charge on any atom is 0.129 e. The molecule has 1 fully saturated rings. The monoisotopic (exact) mass is 244 g/mol. The van der Waals surface area contributed by atoms with Gasteiger partial charge in [-0.05, 0) is 45.5 Å². The average Bonchev–Trinajstić information content (AvgIpc) is 2.33. The number of hydrogen-bond acceptors (Lipinski definition) is 4. The Morgan fingerprint density at radius 1 is 1.39 bits per heavy atom. The first-order valence-electron chi connectivity index (χ1n) is 6.32. The van der Waals surface area contributed by atoms with Crippen LogP contribution in [0.15, 0.2) is 18.3 Å². The summed E-state index contributed by atoms with van der Waals surface area (Å²) in [5.74, 6) is 0.877. The van der Waals surface area contributed by atoms with Crippen LogP contribution in [-0.2, 0) is 0 Å². The predicted molar refractivity (Wildman–Crippen MR) is 72.5 cm³/mol. The van der Waals surface area contributed by atoms with Crippen molar-refractivity contribution >= 4 is 5.82 Å². The summed E-state index contributed by atoms with van der Waals surface area (Å²) in [4.78, 5) is 8.82. The molecule has 0 radical (unpaired) electrons. The number of anilines is 1. The van der Waals surface area contributed by atoms with Crippen molar-refractivity contribution in [2.75, 3.05) is 32.6 Å². The second-order valence-corrected chi connectivity index (χ2v) is 5.34. The van der Waals surface area contributed by atoms with Crippen LogP contribution in [0, 0.1) is 11.3 Å². The molecule has 96 valence electrons. The molecule has 0 aromatic carbocycles. The minimum absolute atomic E-state index is 0.277. The molecule has 18 heavy (non-hydrogen) atoms. The third kappa shape index (κ3) is 2.32. The van der Waals surface area contributed by atoms with Crippen molar-refractivity contribution in [1.29, 1.82) is 5.26 Å². The summed E-state index contributed by atoms with van der Waals surface area (Å²) >= 11 is 0. The minimum Gasteiger partial charge on any atom is -0.358 e. The van der Waals surface area contributed by atoms with Crippen LogP contribution in [-0.4, -0.2) is 43.1 Å². The molecule has 0 bridgehead atoms. The molecule has 1 aliphatic rings. The largest absolute Gasteiger partial charge is 0.358 e. The number of likely N-dealkylation sites (N-methyl/N-ethyl adjacent to an activating group) is 2. The van der Waals surface area contributed by atoms with E-state index in [1.54, 1.807) is 12.3 Å². The van der Waals surface area contributed by atoms with E-state index in [0.717, 1.165) is 12.4 Å². The van der Waals surface area contributed by atoms with E-state index in [2.05, 4.69) is 34.9 Å². The van der Waals surface area contributed by atoms with Gasteiger partial charge in [-0.15, -0.1) is 0 Å². The van der Waals surface area contributed by atoms with Gasteiger partial charge in [0.25, 0.3) is 0 Å². The van der Waals surface area contributed by atoms with Crippen molar-refractivity contribution in [2.24, 2.45) is 0 Å². The van der Waals surface area contributed by atoms with Gasteiger partial charge in [0.15, 0.2) is 0 Å². The zero-order valence-electron chi connectivity index (χ0n) is 11.3. The van der Waals surface area contributed by atoms with Gasteiger partial charge in [0, 0.05) is 25.3 Å². The molecule has 0 saturated heterocycles. The van der Waals surface area contributed by atoms with Gasteiger partial charge in [-0.3, -0.25) is 0 Å². The van der Waals surface area contributed by atoms with Gasteiger partial charge in [-0.2, -0.15) is 5.26 Å². The fourth-order valence-corrected chi connectivity index (χ4v) is 2.55. The molecular weight excluding hydrogens is 224 g/mol. The molecule has 2 rings (SSSR count). The fraction of sp³-hybridized carbons (Fsp3) is 0.571. The molecule has 1 saturated carbocycles. The Labute approximate surface area is 109 Å². The molecule has 0 amide bonds. The first kappa shape index (κ1) is 12.8. The highest BCUT2D eigenvalue weighted by atomic mass is 15.2. The molecular formula is C14H20N4. The van der Waals surface area contributed by atoms with Crippen molar-refractivity contribution in [3.8, 4) is 6.07 Å². The first-order chi connectivity index (χ1) is 8.57. The van der Waals surface area contributed by atoms with Crippen LogP contribution in [0.2, 0.25) is 0 Å². The van der Waals surface area contributed by atoms with E-state index in [4.69, 9.17) is 5.26 Å². The second-order valence-electron chi connectivity index (χ2n) is 5.34. The number of rotatable bonds is 4. The van der Waals surface area contributed by atoms with Gasteiger partial charge in [0.1, 0.15) is 5.82 Å². The van der Waals surface area contributed by atoms with Gasteiger partial charge in [0.05, 0.1) is 11.6 Å². The minimum atomic E-state index is 0.277. The summed E-state index contributed by atoms with van der Waals surface area (Å²) in [6.45, 7) is 0.960. The van der Waals surface area contributed by atoms with Crippen LogP contribution < -0.4 is 4.90 Å². The predicted octanol–water partition coefficient (Wildman–Crippen LogP) is 1.87. The highest BCUT2D eigenvalue weighted by molar-refractivity contribution is 5.44. The second kappa shape index (κ2) is 4.95. The lowest BCUT2D eigenvalue weighted by Gasteiger charge is -2.49. The quantitative estimate of drug-likeness (QED) is 0.811. The molecule has 0 aliphatic heterocycles. The maximum absolute atomic E-state index is 8.92. The number of nitrogens with zero attached hydrogens (tertiary/aromatic N) is 4. The van der Waals surface area contributed by atoms with Crippen molar-refractivity contribution in [1.82, 2.24) is 9.88 Å². The summed E-state index contributed by atoms with van der Waals surface area (Å²) in [5.41, 5.74) is 0.943. The summed E-state index contributed by atoms with van der Waals surface area (Å²) in [7, 11) is 6.34. The molecule has 1 aromatic heterocycles. The van der Waals surface area contributed by atoms with Crippen LogP contribution in [0.3, 0.4) is 0 Å². The Kier molecular flexibility index (Phi) is 3.53.